The fourth-order valence-corrected chi connectivity index (χ4v) is 4.64. The third kappa shape index (κ3) is 4.58. The van der Waals surface area contributed by atoms with E-state index in [2.05, 4.69) is 31.0 Å². The van der Waals surface area contributed by atoms with Gasteiger partial charge >= 0.3 is 0 Å². The van der Waals surface area contributed by atoms with E-state index < -0.39 is 0 Å². The highest BCUT2D eigenvalue weighted by atomic mass is 16.2. The van der Waals surface area contributed by atoms with Crippen molar-refractivity contribution in [3.8, 4) is 0 Å². The van der Waals surface area contributed by atoms with Gasteiger partial charge in [-0.1, -0.05) is 6.07 Å². The zero-order chi connectivity index (χ0) is 19.3. The molecule has 0 N–H and O–H groups in total. The van der Waals surface area contributed by atoms with Crippen molar-refractivity contribution in [1.82, 2.24) is 29.5 Å². The molecule has 2 aliphatic rings. The molecular weight excluding hydrogens is 352 g/mol. The van der Waals surface area contributed by atoms with Crippen LogP contribution in [0.2, 0.25) is 0 Å². The number of carbonyl (C=O) groups is 1. The summed E-state index contributed by atoms with van der Waals surface area (Å²) in [5, 5.41) is 7.96. The summed E-state index contributed by atoms with van der Waals surface area (Å²) >= 11 is 0. The van der Waals surface area contributed by atoms with Crippen LogP contribution in [0.1, 0.15) is 37.1 Å². The van der Waals surface area contributed by atoms with Gasteiger partial charge < -0.3 is 9.47 Å². The Morgan fingerprint density at radius 3 is 2.71 bits per heavy atom. The van der Waals surface area contributed by atoms with E-state index in [-0.39, 0.29) is 5.91 Å². The molecule has 1 unspecified atom stereocenters. The van der Waals surface area contributed by atoms with Gasteiger partial charge in [0.05, 0.1) is 0 Å². The summed E-state index contributed by atoms with van der Waals surface area (Å²) in [5.41, 5.74) is 1.29. The van der Waals surface area contributed by atoms with Crippen molar-refractivity contribution >= 4 is 5.91 Å². The van der Waals surface area contributed by atoms with Gasteiger partial charge in [-0.3, -0.25) is 14.7 Å². The number of amides is 1. The number of piperidine rings is 1. The van der Waals surface area contributed by atoms with E-state index in [1.54, 1.807) is 6.33 Å². The minimum atomic E-state index is 0.263. The maximum Gasteiger partial charge on any atom is 0.223 e. The first-order chi connectivity index (χ1) is 13.7. The predicted molar refractivity (Wildman–Crippen MR) is 106 cm³/mol. The van der Waals surface area contributed by atoms with E-state index in [9.17, 15) is 4.79 Å². The molecule has 28 heavy (non-hydrogen) atoms. The normalized spacial score (nSPS) is 21.3. The van der Waals surface area contributed by atoms with Gasteiger partial charge in [0.1, 0.15) is 12.2 Å². The van der Waals surface area contributed by atoms with E-state index in [4.69, 9.17) is 0 Å². The predicted octanol–water partition coefficient (Wildman–Crippen LogP) is 1.90. The number of carbonyl (C=O) groups excluding carboxylic acids is 1. The largest absolute Gasteiger partial charge is 0.342 e. The van der Waals surface area contributed by atoms with Gasteiger partial charge in [-0.2, -0.15) is 0 Å². The Morgan fingerprint density at radius 1 is 1.18 bits per heavy atom. The van der Waals surface area contributed by atoms with Crippen molar-refractivity contribution < 1.29 is 4.79 Å². The Labute approximate surface area is 166 Å². The third-order valence-corrected chi connectivity index (χ3v) is 6.37. The molecule has 4 rings (SSSR count). The number of aromatic nitrogens is 4. The van der Waals surface area contributed by atoms with E-state index in [1.165, 1.54) is 18.4 Å². The molecule has 2 saturated heterocycles. The summed E-state index contributed by atoms with van der Waals surface area (Å²) in [4.78, 5) is 21.4. The van der Waals surface area contributed by atoms with Gasteiger partial charge in [-0.15, -0.1) is 10.2 Å². The molecule has 1 amide bonds. The lowest BCUT2D eigenvalue weighted by molar-refractivity contribution is -0.130. The minimum Gasteiger partial charge on any atom is -0.342 e. The molecule has 150 valence electrons. The van der Waals surface area contributed by atoms with E-state index in [1.807, 2.05) is 30.1 Å². The van der Waals surface area contributed by atoms with Gasteiger partial charge in [0.25, 0.3) is 0 Å². The fraction of sp³-hybridized carbons (Fsp3) is 0.619. The Kier molecular flexibility index (Phi) is 6.00. The second kappa shape index (κ2) is 8.82. The van der Waals surface area contributed by atoms with Crippen LogP contribution in [0.4, 0.5) is 0 Å². The van der Waals surface area contributed by atoms with E-state index in [0.717, 1.165) is 50.9 Å². The van der Waals surface area contributed by atoms with E-state index in [0.29, 0.717) is 18.8 Å². The molecule has 2 aromatic heterocycles. The molecule has 7 heteroatoms. The summed E-state index contributed by atoms with van der Waals surface area (Å²) in [5.74, 6) is 2.56. The van der Waals surface area contributed by atoms with Crippen LogP contribution in [0, 0.1) is 11.8 Å². The SMILES string of the molecule is Cn1cnnc1CCC(=O)N1CCC(C2CCN(Cc3cccnc3)CC2)C1. The molecule has 0 spiro atoms. The number of aryl methyl sites for hydroxylation is 2. The Morgan fingerprint density at radius 2 is 2.00 bits per heavy atom. The molecule has 7 nitrogen and oxygen atoms in total. The zero-order valence-electron chi connectivity index (χ0n) is 16.7. The van der Waals surface area contributed by atoms with Crippen molar-refractivity contribution in [2.24, 2.45) is 18.9 Å². The number of rotatable bonds is 6. The maximum atomic E-state index is 12.6. The second-order valence-corrected chi connectivity index (χ2v) is 8.22. The van der Waals surface area contributed by atoms with Crippen molar-refractivity contribution in [3.63, 3.8) is 0 Å². The van der Waals surface area contributed by atoms with Gasteiger partial charge in [0, 0.05) is 51.9 Å². The van der Waals surface area contributed by atoms with Gasteiger partial charge in [0.15, 0.2) is 0 Å². The quantitative estimate of drug-likeness (QED) is 0.763. The molecule has 1 atom stereocenters. The third-order valence-electron chi connectivity index (χ3n) is 6.37. The molecule has 2 fully saturated rings. The molecule has 0 aliphatic carbocycles. The number of hydrogen-bond acceptors (Lipinski definition) is 5. The number of nitrogens with zero attached hydrogens (tertiary/aromatic N) is 6. The number of hydrogen-bond donors (Lipinski definition) is 0. The Hall–Kier alpha value is -2.28. The molecule has 2 aliphatic heterocycles. The number of likely N-dealkylation sites (tertiary alicyclic amines) is 2. The van der Waals surface area contributed by atoms with Gasteiger partial charge in [-0.25, -0.2) is 0 Å². The lowest BCUT2D eigenvalue weighted by Crippen LogP contribution is -2.37. The first-order valence-corrected chi connectivity index (χ1v) is 10.4. The summed E-state index contributed by atoms with van der Waals surface area (Å²) in [6.07, 6.45) is 10.3. The summed E-state index contributed by atoms with van der Waals surface area (Å²) in [6, 6.07) is 4.16. The topological polar surface area (TPSA) is 67.2 Å². The maximum absolute atomic E-state index is 12.6. The van der Waals surface area contributed by atoms with Crippen molar-refractivity contribution in [2.75, 3.05) is 26.2 Å². The standard InChI is InChI=1S/C21H30N6O/c1-25-16-23-24-20(25)4-5-21(28)27-12-8-19(15-27)18-6-10-26(11-7-18)14-17-3-2-9-22-13-17/h2-3,9,13,16,18-19H,4-8,10-12,14-15H2,1H3. The van der Waals surface area contributed by atoms with Crippen LogP contribution in [0.25, 0.3) is 0 Å². The minimum absolute atomic E-state index is 0.263. The Bertz CT molecular complexity index is 768. The molecule has 2 aromatic rings. The van der Waals surface area contributed by atoms with E-state index >= 15 is 0 Å². The average Bonchev–Trinajstić information content (AvgIpc) is 3.37. The van der Waals surface area contributed by atoms with Crippen molar-refractivity contribution in [2.45, 2.75) is 38.6 Å². The van der Waals surface area contributed by atoms with Crippen LogP contribution in [-0.4, -0.2) is 61.6 Å². The first-order valence-electron chi connectivity index (χ1n) is 10.4. The summed E-state index contributed by atoms with van der Waals surface area (Å²) < 4.78 is 1.89. The highest BCUT2D eigenvalue weighted by Gasteiger charge is 2.33. The lowest BCUT2D eigenvalue weighted by atomic mass is 9.83. The highest BCUT2D eigenvalue weighted by Crippen LogP contribution is 2.32. The van der Waals surface area contributed by atoms with Crippen LogP contribution >= 0.6 is 0 Å². The Balaban J connectivity index is 1.20. The van der Waals surface area contributed by atoms with Crippen LogP contribution in [-0.2, 0) is 24.8 Å². The van der Waals surface area contributed by atoms with Gasteiger partial charge in [0.2, 0.25) is 5.91 Å². The van der Waals surface area contributed by atoms with Crippen molar-refractivity contribution in [3.05, 3.63) is 42.2 Å². The smallest absolute Gasteiger partial charge is 0.223 e. The fourth-order valence-electron chi connectivity index (χ4n) is 4.64. The molecule has 0 radical (unpaired) electrons. The van der Waals surface area contributed by atoms with Crippen LogP contribution < -0.4 is 0 Å². The van der Waals surface area contributed by atoms with Crippen LogP contribution in [0.5, 0.6) is 0 Å². The number of pyridine rings is 1. The van der Waals surface area contributed by atoms with Crippen LogP contribution in [0.3, 0.4) is 0 Å². The summed E-state index contributed by atoms with van der Waals surface area (Å²) in [6.45, 7) is 5.15. The summed E-state index contributed by atoms with van der Waals surface area (Å²) in [7, 11) is 1.92. The van der Waals surface area contributed by atoms with Crippen molar-refractivity contribution in [1.29, 1.82) is 0 Å². The molecule has 0 bridgehead atoms. The highest BCUT2D eigenvalue weighted by molar-refractivity contribution is 5.76. The zero-order valence-corrected chi connectivity index (χ0v) is 16.7. The molecule has 4 heterocycles. The lowest BCUT2D eigenvalue weighted by Gasteiger charge is -2.34. The monoisotopic (exact) mass is 382 g/mol. The molecular formula is C21H30N6O. The second-order valence-electron chi connectivity index (χ2n) is 8.22. The van der Waals surface area contributed by atoms with Gasteiger partial charge in [-0.05, 0) is 55.8 Å². The molecule has 0 aromatic carbocycles. The molecule has 0 saturated carbocycles. The first kappa shape index (κ1) is 19.1. The van der Waals surface area contributed by atoms with Crippen LogP contribution in [0.15, 0.2) is 30.9 Å². The average molecular weight is 383 g/mol.